The van der Waals surface area contributed by atoms with E-state index in [0.29, 0.717) is 11.7 Å². The van der Waals surface area contributed by atoms with Crippen LogP contribution in [0.1, 0.15) is 24.6 Å². The van der Waals surface area contributed by atoms with Crippen LogP contribution in [-0.2, 0) is 0 Å². The highest BCUT2D eigenvalue weighted by atomic mass is 16.3. The fourth-order valence-electron chi connectivity index (χ4n) is 1.68. The number of hydrogen-bond acceptors (Lipinski definition) is 4. The first-order chi connectivity index (χ1) is 7.24. The van der Waals surface area contributed by atoms with Gasteiger partial charge in [0.15, 0.2) is 0 Å². The van der Waals surface area contributed by atoms with Gasteiger partial charge in [0.05, 0.1) is 5.52 Å². The summed E-state index contributed by atoms with van der Waals surface area (Å²) in [7, 11) is 0. The van der Waals surface area contributed by atoms with E-state index in [1.807, 2.05) is 0 Å². The first kappa shape index (κ1) is 8.47. The lowest BCUT2D eigenvalue weighted by atomic mass is 10.2. The van der Waals surface area contributed by atoms with Crippen LogP contribution in [0.3, 0.4) is 0 Å². The van der Waals surface area contributed by atoms with Gasteiger partial charge in [-0.2, -0.15) is 0 Å². The highest BCUT2D eigenvalue weighted by Crippen LogP contribution is 2.39. The maximum atomic E-state index is 9.33. The predicted molar refractivity (Wildman–Crippen MR) is 57.6 cm³/mol. The van der Waals surface area contributed by atoms with Crippen molar-refractivity contribution in [1.82, 2.24) is 9.97 Å². The molecule has 3 rings (SSSR count). The zero-order valence-corrected chi connectivity index (χ0v) is 8.14. The first-order valence-corrected chi connectivity index (χ1v) is 5.00. The third-order valence-electron chi connectivity index (χ3n) is 2.67. The van der Waals surface area contributed by atoms with Gasteiger partial charge in [0, 0.05) is 11.3 Å². The lowest BCUT2D eigenvalue weighted by molar-refractivity contribution is 0.476. The number of anilines is 1. The molecule has 1 heterocycles. The van der Waals surface area contributed by atoms with Crippen molar-refractivity contribution < 1.29 is 5.11 Å². The Kier molecular flexibility index (Phi) is 1.59. The van der Waals surface area contributed by atoms with Crippen LogP contribution in [-0.4, -0.2) is 15.1 Å². The molecule has 1 fully saturated rings. The Morgan fingerprint density at radius 2 is 2.07 bits per heavy atom. The minimum atomic E-state index is 0.192. The second-order valence-corrected chi connectivity index (χ2v) is 3.94. The minimum Gasteiger partial charge on any atom is -0.508 e. The third kappa shape index (κ3) is 1.38. The van der Waals surface area contributed by atoms with Crippen LogP contribution in [0.5, 0.6) is 5.75 Å². The number of benzene rings is 1. The molecule has 0 radical (unpaired) electrons. The second kappa shape index (κ2) is 2.82. The fourth-order valence-corrected chi connectivity index (χ4v) is 1.68. The highest BCUT2D eigenvalue weighted by molar-refractivity contribution is 5.89. The molecule has 0 atom stereocenters. The van der Waals surface area contributed by atoms with Crippen LogP contribution < -0.4 is 5.73 Å². The van der Waals surface area contributed by atoms with Crippen molar-refractivity contribution in [2.24, 2.45) is 0 Å². The van der Waals surface area contributed by atoms with Crippen LogP contribution >= 0.6 is 0 Å². The smallest absolute Gasteiger partial charge is 0.135 e. The maximum Gasteiger partial charge on any atom is 0.135 e. The number of nitrogen functional groups attached to an aromatic ring is 1. The molecule has 0 saturated heterocycles. The lowest BCUT2D eigenvalue weighted by Gasteiger charge is -2.04. The largest absolute Gasteiger partial charge is 0.508 e. The van der Waals surface area contributed by atoms with Crippen LogP contribution in [0.4, 0.5) is 5.82 Å². The summed E-state index contributed by atoms with van der Waals surface area (Å²) < 4.78 is 0. The quantitative estimate of drug-likeness (QED) is 0.737. The van der Waals surface area contributed by atoms with E-state index in [1.54, 1.807) is 18.2 Å². The monoisotopic (exact) mass is 201 g/mol. The average Bonchev–Trinajstić information content (AvgIpc) is 3.02. The molecule has 2 aromatic rings. The van der Waals surface area contributed by atoms with E-state index in [-0.39, 0.29) is 5.75 Å². The van der Waals surface area contributed by atoms with Gasteiger partial charge in [-0.25, -0.2) is 9.97 Å². The zero-order chi connectivity index (χ0) is 10.4. The summed E-state index contributed by atoms with van der Waals surface area (Å²) in [5.41, 5.74) is 6.64. The summed E-state index contributed by atoms with van der Waals surface area (Å²) in [6.45, 7) is 0. The normalized spacial score (nSPS) is 15.7. The topological polar surface area (TPSA) is 72.0 Å². The number of aromatic hydroxyl groups is 1. The molecule has 3 N–H and O–H groups in total. The molecule has 1 aliphatic rings. The lowest BCUT2D eigenvalue weighted by Crippen LogP contribution is -1.99. The van der Waals surface area contributed by atoms with Crippen molar-refractivity contribution >= 4 is 16.7 Å². The standard InChI is InChI=1S/C11H11N3O/c12-10-8-5-7(15)3-4-9(8)13-11(14-10)6-1-2-6/h3-6,15H,1-2H2,(H2,12,13,14). The number of aromatic nitrogens is 2. The Hall–Kier alpha value is -1.84. The molecule has 0 aliphatic heterocycles. The summed E-state index contributed by atoms with van der Waals surface area (Å²) >= 11 is 0. The molecule has 0 spiro atoms. The molecular weight excluding hydrogens is 190 g/mol. The van der Waals surface area contributed by atoms with E-state index in [0.717, 1.165) is 29.6 Å². The SMILES string of the molecule is Nc1nc(C2CC2)nc2ccc(O)cc12. The van der Waals surface area contributed by atoms with Crippen LogP contribution in [0, 0.1) is 0 Å². The van der Waals surface area contributed by atoms with Gasteiger partial charge in [-0.3, -0.25) is 0 Å². The Bertz CT molecular complexity index is 535. The van der Waals surface area contributed by atoms with E-state index >= 15 is 0 Å². The van der Waals surface area contributed by atoms with E-state index in [9.17, 15) is 5.11 Å². The number of fused-ring (bicyclic) bond motifs is 1. The predicted octanol–water partition coefficient (Wildman–Crippen LogP) is 1.79. The van der Waals surface area contributed by atoms with Crippen molar-refractivity contribution in [1.29, 1.82) is 0 Å². The van der Waals surface area contributed by atoms with Crippen molar-refractivity contribution in [2.45, 2.75) is 18.8 Å². The van der Waals surface area contributed by atoms with Gasteiger partial charge in [0.1, 0.15) is 17.4 Å². The molecule has 1 aromatic heterocycles. The molecular formula is C11H11N3O. The molecule has 0 amide bonds. The summed E-state index contributed by atoms with van der Waals surface area (Å²) in [4.78, 5) is 8.70. The molecule has 76 valence electrons. The van der Waals surface area contributed by atoms with Crippen LogP contribution in [0.25, 0.3) is 10.9 Å². The molecule has 1 saturated carbocycles. The van der Waals surface area contributed by atoms with E-state index in [4.69, 9.17) is 5.73 Å². The van der Waals surface area contributed by atoms with Crippen molar-refractivity contribution in [2.75, 3.05) is 5.73 Å². The number of phenolic OH excluding ortho intramolecular Hbond substituents is 1. The molecule has 1 aliphatic carbocycles. The Balaban J connectivity index is 2.26. The third-order valence-corrected chi connectivity index (χ3v) is 2.67. The second-order valence-electron chi connectivity index (χ2n) is 3.94. The number of hydrogen-bond donors (Lipinski definition) is 2. The summed E-state index contributed by atoms with van der Waals surface area (Å²) in [5.74, 6) is 1.98. The molecule has 0 bridgehead atoms. The average molecular weight is 201 g/mol. The van der Waals surface area contributed by atoms with Crippen molar-refractivity contribution in [3.63, 3.8) is 0 Å². The van der Waals surface area contributed by atoms with Gasteiger partial charge in [0.25, 0.3) is 0 Å². The van der Waals surface area contributed by atoms with Gasteiger partial charge < -0.3 is 10.8 Å². The molecule has 1 aromatic carbocycles. The summed E-state index contributed by atoms with van der Waals surface area (Å²) in [6.07, 6.45) is 2.31. The minimum absolute atomic E-state index is 0.192. The summed E-state index contributed by atoms with van der Waals surface area (Å²) in [5, 5.41) is 10.1. The maximum absolute atomic E-state index is 9.33. The van der Waals surface area contributed by atoms with Gasteiger partial charge in [-0.15, -0.1) is 0 Å². The van der Waals surface area contributed by atoms with Crippen LogP contribution in [0.15, 0.2) is 18.2 Å². The Morgan fingerprint density at radius 1 is 1.27 bits per heavy atom. The van der Waals surface area contributed by atoms with Gasteiger partial charge in [-0.05, 0) is 31.0 Å². The summed E-state index contributed by atoms with van der Waals surface area (Å²) in [6, 6.07) is 4.99. The zero-order valence-electron chi connectivity index (χ0n) is 8.14. The van der Waals surface area contributed by atoms with Crippen molar-refractivity contribution in [3.8, 4) is 5.75 Å². The Labute approximate surface area is 86.8 Å². The molecule has 4 nitrogen and oxygen atoms in total. The first-order valence-electron chi connectivity index (χ1n) is 5.00. The molecule has 15 heavy (non-hydrogen) atoms. The fraction of sp³-hybridized carbons (Fsp3) is 0.273. The molecule has 4 heteroatoms. The van der Waals surface area contributed by atoms with E-state index < -0.39 is 0 Å². The number of nitrogens with two attached hydrogens (primary N) is 1. The van der Waals surface area contributed by atoms with E-state index in [2.05, 4.69) is 9.97 Å². The number of rotatable bonds is 1. The number of nitrogens with zero attached hydrogens (tertiary/aromatic N) is 2. The van der Waals surface area contributed by atoms with Gasteiger partial charge in [-0.1, -0.05) is 0 Å². The van der Waals surface area contributed by atoms with Crippen LogP contribution in [0.2, 0.25) is 0 Å². The number of phenols is 1. The Morgan fingerprint density at radius 3 is 2.80 bits per heavy atom. The van der Waals surface area contributed by atoms with Gasteiger partial charge >= 0.3 is 0 Å². The molecule has 0 unspecified atom stereocenters. The van der Waals surface area contributed by atoms with Gasteiger partial charge in [0.2, 0.25) is 0 Å². The van der Waals surface area contributed by atoms with E-state index in [1.165, 1.54) is 0 Å². The highest BCUT2D eigenvalue weighted by Gasteiger charge is 2.27. The van der Waals surface area contributed by atoms with Crippen molar-refractivity contribution in [3.05, 3.63) is 24.0 Å².